The van der Waals surface area contributed by atoms with Crippen molar-refractivity contribution in [2.75, 3.05) is 0 Å². The molecule has 0 spiro atoms. The van der Waals surface area contributed by atoms with Gasteiger partial charge in [0, 0.05) is 0 Å². The third-order valence-corrected chi connectivity index (χ3v) is 3.89. The molecule has 0 amide bonds. The van der Waals surface area contributed by atoms with Crippen LogP contribution in [0.1, 0.15) is 5.56 Å². The van der Waals surface area contributed by atoms with Gasteiger partial charge in [0.05, 0.1) is 0 Å². The van der Waals surface area contributed by atoms with Gasteiger partial charge in [-0.2, -0.15) is 0 Å². The van der Waals surface area contributed by atoms with Crippen LogP contribution in [0.15, 0.2) is 35.2 Å². The molecule has 0 heterocycles. The molecule has 0 saturated heterocycles. The van der Waals surface area contributed by atoms with Gasteiger partial charge in [0.15, 0.2) is 0 Å². The Morgan fingerprint density at radius 2 is 1.75 bits per heavy atom. The molecule has 0 aliphatic carbocycles. The van der Waals surface area contributed by atoms with Crippen molar-refractivity contribution in [3.63, 3.8) is 0 Å². The number of hydrogen-bond donors (Lipinski definition) is 0. The molecule has 4 heteroatoms. The molecule has 0 aromatic heterocycles. The molecule has 0 aliphatic heterocycles. The van der Waals surface area contributed by atoms with Gasteiger partial charge >= 0.3 is 90.1 Å². The van der Waals surface area contributed by atoms with Crippen LogP contribution in [-0.2, 0) is 0 Å². The maximum atomic E-state index is 5.93. The number of hydrogen-bond acceptors (Lipinski definition) is 0. The van der Waals surface area contributed by atoms with Crippen LogP contribution < -0.4 is 0 Å². The van der Waals surface area contributed by atoms with Crippen LogP contribution in [0.2, 0.25) is 0 Å². The molecule has 1 aromatic rings. The molecule has 0 atom stereocenters. The van der Waals surface area contributed by atoms with Crippen molar-refractivity contribution < 1.29 is 0 Å². The van der Waals surface area contributed by atoms with Gasteiger partial charge in [0.2, 0.25) is 0 Å². The molecule has 1 aromatic carbocycles. The van der Waals surface area contributed by atoms with E-state index in [4.69, 9.17) is 31.5 Å². The molecule has 64 valence electrons. The molecule has 0 fully saturated rings. The van der Waals surface area contributed by atoms with Crippen LogP contribution in [0.4, 0.5) is 0 Å². The molecule has 0 aliphatic rings. The normalized spacial score (nSPS) is 12.2. The molecular formula is C8H6AsCl3. The van der Waals surface area contributed by atoms with E-state index in [1.54, 1.807) is 4.86 Å². The van der Waals surface area contributed by atoms with Crippen molar-refractivity contribution in [1.29, 1.82) is 0 Å². The number of halogens is 3. The summed E-state index contributed by atoms with van der Waals surface area (Å²) < 4.78 is 0. The summed E-state index contributed by atoms with van der Waals surface area (Å²) in [5.41, 5.74) is 0.958. The zero-order valence-electron chi connectivity index (χ0n) is 6.05. The summed E-state index contributed by atoms with van der Waals surface area (Å²) in [6, 6.07) is 9.62. The van der Waals surface area contributed by atoms with Gasteiger partial charge in [0.1, 0.15) is 0 Å². The van der Waals surface area contributed by atoms with E-state index in [9.17, 15) is 0 Å². The molecule has 0 unspecified atom stereocenters. The summed E-state index contributed by atoms with van der Waals surface area (Å²) in [5.74, 6) is 0. The average molecular weight is 283 g/mol. The Morgan fingerprint density at radius 1 is 1.17 bits per heavy atom. The molecule has 0 N–H and O–H groups in total. The second-order valence-electron chi connectivity index (χ2n) is 2.10. The van der Waals surface area contributed by atoms with Gasteiger partial charge in [-0.15, -0.1) is 0 Å². The first kappa shape index (κ1) is 10.5. The molecule has 0 bridgehead atoms. The predicted octanol–water partition coefficient (Wildman–Crippen LogP) is 3.77. The summed E-state index contributed by atoms with van der Waals surface area (Å²) in [4.78, 5) is 1.73. The molecule has 0 radical (unpaired) electrons. The van der Waals surface area contributed by atoms with Gasteiger partial charge in [0.25, 0.3) is 0 Å². The van der Waals surface area contributed by atoms with E-state index < -0.39 is 12.8 Å². The topological polar surface area (TPSA) is 0 Å². The molecular weight excluding hydrogens is 277 g/mol. The maximum absolute atomic E-state index is 5.93. The first-order valence-electron chi connectivity index (χ1n) is 3.23. The fraction of sp³-hybridized carbons (Fsp3) is 0. The van der Waals surface area contributed by atoms with Crippen LogP contribution in [0.3, 0.4) is 0 Å². The summed E-state index contributed by atoms with van der Waals surface area (Å²) >= 11 is 4.12. The summed E-state index contributed by atoms with van der Waals surface area (Å²) in [6.07, 6.45) is 0. The number of rotatable bonds is 2. The summed E-state index contributed by atoms with van der Waals surface area (Å²) in [6.45, 7) is 0. The quantitative estimate of drug-likeness (QED) is 0.725. The Hall–Kier alpha value is 0.388. The van der Waals surface area contributed by atoms with Crippen LogP contribution >= 0.6 is 31.5 Å². The molecule has 12 heavy (non-hydrogen) atoms. The van der Waals surface area contributed by atoms with Gasteiger partial charge in [-0.25, -0.2) is 0 Å². The summed E-state index contributed by atoms with van der Waals surface area (Å²) in [5, 5.41) is 0.639. The molecule has 0 saturated carbocycles. The van der Waals surface area contributed by atoms with E-state index in [2.05, 4.69) is 0 Å². The van der Waals surface area contributed by atoms with E-state index in [1.165, 1.54) is 0 Å². The second kappa shape index (κ2) is 5.19. The minimum atomic E-state index is -1.81. The molecule has 1 rings (SSSR count). The average Bonchev–Trinajstić information content (AvgIpc) is 2.05. The summed E-state index contributed by atoms with van der Waals surface area (Å²) in [7, 11) is 11.3. The van der Waals surface area contributed by atoms with Crippen LogP contribution in [0.5, 0.6) is 0 Å². The van der Waals surface area contributed by atoms with Gasteiger partial charge in [-0.05, 0) is 0 Å². The van der Waals surface area contributed by atoms with Gasteiger partial charge in [-0.1, -0.05) is 0 Å². The van der Waals surface area contributed by atoms with E-state index >= 15 is 0 Å². The van der Waals surface area contributed by atoms with E-state index in [0.29, 0.717) is 5.03 Å². The first-order valence-corrected chi connectivity index (χ1v) is 9.63. The predicted molar refractivity (Wildman–Crippen MR) is 57.7 cm³/mol. The van der Waals surface area contributed by atoms with Crippen LogP contribution in [0.25, 0.3) is 5.03 Å². The Balaban J connectivity index is 2.85. The van der Waals surface area contributed by atoms with Crippen molar-refractivity contribution in [3.8, 4) is 0 Å². The third-order valence-electron chi connectivity index (χ3n) is 1.26. The molecule has 0 nitrogen and oxygen atoms in total. The monoisotopic (exact) mass is 282 g/mol. The van der Waals surface area contributed by atoms with Crippen molar-refractivity contribution in [2.24, 2.45) is 0 Å². The van der Waals surface area contributed by atoms with Crippen molar-refractivity contribution >= 4 is 49.3 Å². The SMILES string of the molecule is ClC(=C[As](Cl)Cl)c1ccccc1. The second-order valence-corrected chi connectivity index (χ2v) is 8.82. The zero-order valence-corrected chi connectivity index (χ0v) is 10.2. The van der Waals surface area contributed by atoms with Gasteiger partial charge < -0.3 is 0 Å². The van der Waals surface area contributed by atoms with Crippen LogP contribution in [-0.4, -0.2) is 12.8 Å². The van der Waals surface area contributed by atoms with Crippen LogP contribution in [0, 0.1) is 0 Å². The Morgan fingerprint density at radius 3 is 2.25 bits per heavy atom. The minimum absolute atomic E-state index is 0.639. The fourth-order valence-electron chi connectivity index (χ4n) is 0.758. The van der Waals surface area contributed by atoms with Crippen molar-refractivity contribution in [2.45, 2.75) is 0 Å². The Kier molecular flexibility index (Phi) is 4.53. The zero-order chi connectivity index (χ0) is 8.97. The number of benzene rings is 1. The third kappa shape index (κ3) is 3.41. The van der Waals surface area contributed by atoms with E-state index in [1.807, 2.05) is 30.3 Å². The van der Waals surface area contributed by atoms with E-state index in [-0.39, 0.29) is 0 Å². The Bertz CT molecular complexity index is 269. The van der Waals surface area contributed by atoms with Crippen molar-refractivity contribution in [3.05, 3.63) is 40.8 Å². The Labute approximate surface area is 89.7 Å². The fourth-order valence-corrected chi connectivity index (χ4v) is 3.60. The first-order chi connectivity index (χ1) is 5.70. The van der Waals surface area contributed by atoms with Gasteiger partial charge in [-0.3, -0.25) is 0 Å². The standard InChI is InChI=1S/C8H6AsCl3/c10-8(6-9(11)12)7-4-2-1-3-5-7/h1-6H. The van der Waals surface area contributed by atoms with E-state index in [0.717, 1.165) is 5.56 Å². The van der Waals surface area contributed by atoms with Crippen molar-refractivity contribution in [1.82, 2.24) is 0 Å².